The van der Waals surface area contributed by atoms with Crippen molar-refractivity contribution in [3.05, 3.63) is 12.7 Å². The summed E-state index contributed by atoms with van der Waals surface area (Å²) in [5.41, 5.74) is 0. The lowest BCUT2D eigenvalue weighted by molar-refractivity contribution is 0.197. The average Bonchev–Trinajstić information content (AvgIpc) is 2.40. The molecule has 108 valence electrons. The maximum atomic E-state index is 3.87. The van der Waals surface area contributed by atoms with E-state index in [1.54, 1.807) is 0 Å². The molecule has 0 aliphatic rings. The van der Waals surface area contributed by atoms with Crippen LogP contribution in [0.3, 0.4) is 0 Å². The van der Waals surface area contributed by atoms with Crippen LogP contribution in [-0.4, -0.2) is 73.6 Å². The molecule has 3 nitrogen and oxygen atoms in total. The second-order valence-corrected chi connectivity index (χ2v) is 4.64. The summed E-state index contributed by atoms with van der Waals surface area (Å²) in [7, 11) is 0. The van der Waals surface area contributed by atoms with Gasteiger partial charge < -0.3 is 9.80 Å². The zero-order valence-corrected chi connectivity index (χ0v) is 13.0. The number of nitrogens with zero attached hydrogens (tertiary/aromatic N) is 3. The van der Waals surface area contributed by atoms with Crippen molar-refractivity contribution in [1.82, 2.24) is 14.7 Å². The van der Waals surface area contributed by atoms with E-state index >= 15 is 0 Å². The molecule has 0 aromatic rings. The molecule has 0 aliphatic carbocycles. The quantitative estimate of drug-likeness (QED) is 0.495. The second-order valence-electron chi connectivity index (χ2n) is 4.64. The van der Waals surface area contributed by atoms with Crippen molar-refractivity contribution in [2.45, 2.75) is 27.7 Å². The van der Waals surface area contributed by atoms with E-state index in [-0.39, 0.29) is 0 Å². The van der Waals surface area contributed by atoms with Gasteiger partial charge in [0.2, 0.25) is 0 Å². The summed E-state index contributed by atoms with van der Waals surface area (Å²) < 4.78 is 0. The van der Waals surface area contributed by atoms with Crippen molar-refractivity contribution in [2.75, 3.05) is 58.9 Å². The average molecular weight is 255 g/mol. The molecular weight excluding hydrogens is 222 g/mol. The monoisotopic (exact) mass is 255 g/mol. The zero-order chi connectivity index (χ0) is 13.8. The molecule has 0 heterocycles. The highest BCUT2D eigenvalue weighted by Crippen LogP contribution is 1.95. The van der Waals surface area contributed by atoms with E-state index in [9.17, 15) is 0 Å². The predicted octanol–water partition coefficient (Wildman–Crippen LogP) is 2.16. The second kappa shape index (κ2) is 11.7. The molecule has 0 saturated carbocycles. The maximum absolute atomic E-state index is 3.87. The minimum atomic E-state index is 1.00. The first-order valence-electron chi connectivity index (χ1n) is 7.49. The number of likely N-dealkylation sites (N-methyl/N-ethyl adjacent to an activating group) is 2. The van der Waals surface area contributed by atoms with Gasteiger partial charge in [-0.3, -0.25) is 4.90 Å². The molecule has 0 unspecified atom stereocenters. The highest BCUT2D eigenvalue weighted by atomic mass is 15.2. The Hall–Kier alpha value is -0.380. The lowest BCUT2D eigenvalue weighted by atomic mass is 10.3. The van der Waals surface area contributed by atoms with Gasteiger partial charge in [0.15, 0.2) is 0 Å². The van der Waals surface area contributed by atoms with Gasteiger partial charge in [0.1, 0.15) is 0 Å². The topological polar surface area (TPSA) is 9.72 Å². The molecule has 0 spiro atoms. The number of hydrogen-bond donors (Lipinski definition) is 0. The van der Waals surface area contributed by atoms with Crippen molar-refractivity contribution < 1.29 is 0 Å². The first-order chi connectivity index (χ1) is 8.71. The van der Waals surface area contributed by atoms with Crippen LogP contribution in [0.25, 0.3) is 0 Å². The van der Waals surface area contributed by atoms with Crippen molar-refractivity contribution >= 4 is 0 Å². The first-order valence-corrected chi connectivity index (χ1v) is 7.49. The highest BCUT2D eigenvalue weighted by molar-refractivity contribution is 4.75. The van der Waals surface area contributed by atoms with E-state index in [4.69, 9.17) is 0 Å². The molecule has 0 fully saturated rings. The van der Waals surface area contributed by atoms with Gasteiger partial charge in [-0.15, -0.1) is 6.58 Å². The summed E-state index contributed by atoms with van der Waals surface area (Å²) in [6, 6.07) is 0. The van der Waals surface area contributed by atoms with Gasteiger partial charge in [-0.05, 0) is 26.2 Å². The molecule has 0 atom stereocenters. The smallest absolute Gasteiger partial charge is 0.0161 e. The summed E-state index contributed by atoms with van der Waals surface area (Å²) in [6.45, 7) is 23.0. The van der Waals surface area contributed by atoms with Crippen LogP contribution < -0.4 is 0 Å². The third-order valence-corrected chi connectivity index (χ3v) is 3.64. The fourth-order valence-corrected chi connectivity index (χ4v) is 2.12. The van der Waals surface area contributed by atoms with Crippen LogP contribution in [0, 0.1) is 0 Å². The van der Waals surface area contributed by atoms with Gasteiger partial charge in [-0.1, -0.05) is 33.8 Å². The Morgan fingerprint density at radius 3 is 1.28 bits per heavy atom. The summed E-state index contributed by atoms with van der Waals surface area (Å²) in [5.74, 6) is 0. The summed E-state index contributed by atoms with van der Waals surface area (Å²) >= 11 is 0. The van der Waals surface area contributed by atoms with Crippen LogP contribution >= 0.6 is 0 Å². The van der Waals surface area contributed by atoms with Crippen molar-refractivity contribution in [3.8, 4) is 0 Å². The molecule has 0 amide bonds. The normalized spacial score (nSPS) is 11.7. The molecule has 0 aromatic heterocycles. The third kappa shape index (κ3) is 7.85. The van der Waals surface area contributed by atoms with Gasteiger partial charge >= 0.3 is 0 Å². The fraction of sp³-hybridized carbons (Fsp3) is 0.867. The van der Waals surface area contributed by atoms with Crippen molar-refractivity contribution in [2.24, 2.45) is 0 Å². The van der Waals surface area contributed by atoms with E-state index < -0.39 is 0 Å². The van der Waals surface area contributed by atoms with Crippen LogP contribution in [0.2, 0.25) is 0 Å². The van der Waals surface area contributed by atoms with Crippen LogP contribution in [0.1, 0.15) is 27.7 Å². The van der Waals surface area contributed by atoms with Gasteiger partial charge in [-0.2, -0.15) is 0 Å². The van der Waals surface area contributed by atoms with Gasteiger partial charge in [0.25, 0.3) is 0 Å². The lowest BCUT2D eigenvalue weighted by Crippen LogP contribution is -2.39. The van der Waals surface area contributed by atoms with E-state index in [1.165, 1.54) is 13.1 Å². The Labute approximate surface area is 114 Å². The predicted molar refractivity (Wildman–Crippen MR) is 82.2 cm³/mol. The van der Waals surface area contributed by atoms with Gasteiger partial charge in [0, 0.05) is 32.7 Å². The largest absolute Gasteiger partial charge is 0.303 e. The molecule has 0 rings (SSSR count). The Kier molecular flexibility index (Phi) is 11.4. The summed E-state index contributed by atoms with van der Waals surface area (Å²) in [5, 5.41) is 0. The standard InChI is InChI=1S/C15H33N3/c1-6-11-18(14-12-16(7-2)8-3)15-13-17(9-4)10-5/h6H,1,7-15H2,2-5H3. The minimum Gasteiger partial charge on any atom is -0.303 e. The maximum Gasteiger partial charge on any atom is 0.0161 e. The Balaban J connectivity index is 4.01. The highest BCUT2D eigenvalue weighted by Gasteiger charge is 2.07. The molecule has 0 aliphatic heterocycles. The number of hydrogen-bond acceptors (Lipinski definition) is 3. The van der Waals surface area contributed by atoms with Crippen LogP contribution in [0.15, 0.2) is 12.7 Å². The van der Waals surface area contributed by atoms with E-state index in [0.717, 1.165) is 45.8 Å². The van der Waals surface area contributed by atoms with Gasteiger partial charge in [-0.25, -0.2) is 0 Å². The Morgan fingerprint density at radius 2 is 1.00 bits per heavy atom. The van der Waals surface area contributed by atoms with Crippen molar-refractivity contribution in [3.63, 3.8) is 0 Å². The van der Waals surface area contributed by atoms with Crippen LogP contribution in [0.4, 0.5) is 0 Å². The summed E-state index contributed by atoms with van der Waals surface area (Å²) in [6.07, 6.45) is 2.02. The molecule has 0 radical (unpaired) electrons. The molecule has 0 saturated heterocycles. The number of rotatable bonds is 12. The molecule has 3 heteroatoms. The Bertz CT molecular complexity index is 170. The molecule has 0 bridgehead atoms. The van der Waals surface area contributed by atoms with E-state index in [2.05, 4.69) is 49.0 Å². The molecule has 18 heavy (non-hydrogen) atoms. The molecular formula is C15H33N3. The first kappa shape index (κ1) is 17.6. The summed E-state index contributed by atoms with van der Waals surface area (Å²) in [4.78, 5) is 7.46. The third-order valence-electron chi connectivity index (χ3n) is 3.64. The van der Waals surface area contributed by atoms with Crippen LogP contribution in [0.5, 0.6) is 0 Å². The lowest BCUT2D eigenvalue weighted by Gasteiger charge is -2.27. The van der Waals surface area contributed by atoms with E-state index in [0.29, 0.717) is 0 Å². The van der Waals surface area contributed by atoms with Gasteiger partial charge in [0.05, 0.1) is 0 Å². The minimum absolute atomic E-state index is 1.00. The zero-order valence-electron chi connectivity index (χ0n) is 13.0. The molecule has 0 N–H and O–H groups in total. The SMILES string of the molecule is C=CCN(CCN(CC)CC)CCN(CC)CC. The fourth-order valence-electron chi connectivity index (χ4n) is 2.12. The molecule has 0 aromatic carbocycles. The van der Waals surface area contributed by atoms with Crippen molar-refractivity contribution in [1.29, 1.82) is 0 Å². The van der Waals surface area contributed by atoms with E-state index in [1.807, 2.05) is 6.08 Å². The Morgan fingerprint density at radius 1 is 0.667 bits per heavy atom. The van der Waals surface area contributed by atoms with Crippen LogP contribution in [-0.2, 0) is 0 Å².